The topological polar surface area (TPSA) is 20.3 Å². The second-order valence-corrected chi connectivity index (χ2v) is 8.26. The summed E-state index contributed by atoms with van der Waals surface area (Å²) in [5.74, 6) is 0.747. The van der Waals surface area contributed by atoms with E-state index in [4.69, 9.17) is 0 Å². The van der Waals surface area contributed by atoms with Crippen molar-refractivity contribution in [1.29, 1.82) is 0 Å². The Bertz CT molecular complexity index is 484. The van der Waals surface area contributed by atoms with E-state index in [1.807, 2.05) is 11.8 Å². The molecule has 3 rings (SSSR count). The van der Waals surface area contributed by atoms with Crippen LogP contribution >= 0.6 is 21.0 Å². The number of hydrogen-bond acceptors (Lipinski definition) is 2. The summed E-state index contributed by atoms with van der Waals surface area (Å²) in [4.78, 5) is 16.0. The highest BCUT2D eigenvalue weighted by Gasteiger charge is 2.31. The molecule has 114 valence electrons. The molecule has 1 aliphatic heterocycles. The summed E-state index contributed by atoms with van der Waals surface area (Å²) in [5, 5.41) is 1.78. The Balaban J connectivity index is 1.52. The van der Waals surface area contributed by atoms with Gasteiger partial charge >= 0.3 is 0 Å². The van der Waals surface area contributed by atoms with E-state index in [0.717, 1.165) is 32.4 Å². The summed E-state index contributed by atoms with van der Waals surface area (Å²) in [6, 6.07) is 8.62. The third-order valence-corrected chi connectivity index (χ3v) is 6.24. The lowest BCUT2D eigenvalue weighted by atomic mass is 9.88. The Morgan fingerprint density at radius 1 is 1.10 bits per heavy atom. The summed E-state index contributed by atoms with van der Waals surface area (Å²) in [5.41, 5.74) is 0. The summed E-state index contributed by atoms with van der Waals surface area (Å²) >= 11 is 1.92. The van der Waals surface area contributed by atoms with Crippen LogP contribution < -0.4 is 5.30 Å². The SMILES string of the molecule is O=C(C1CCCCC1)N1CC[C@H](Sc2ccc(P)cc2)C1. The van der Waals surface area contributed by atoms with Gasteiger partial charge in [-0.1, -0.05) is 31.4 Å². The van der Waals surface area contributed by atoms with Crippen molar-refractivity contribution in [2.24, 2.45) is 5.92 Å². The molecule has 4 heteroatoms. The average Bonchev–Trinajstić information content (AvgIpc) is 2.98. The van der Waals surface area contributed by atoms with Crippen molar-refractivity contribution in [2.45, 2.75) is 48.7 Å². The fraction of sp³-hybridized carbons (Fsp3) is 0.588. The molecule has 0 N–H and O–H groups in total. The van der Waals surface area contributed by atoms with Gasteiger partial charge in [-0.05, 0) is 36.7 Å². The molecule has 0 radical (unpaired) electrons. The Kier molecular flexibility index (Phi) is 5.24. The van der Waals surface area contributed by atoms with Gasteiger partial charge in [0.2, 0.25) is 5.91 Å². The normalized spacial score (nSPS) is 23.5. The molecule has 2 atom stereocenters. The van der Waals surface area contributed by atoms with Gasteiger partial charge in [-0.3, -0.25) is 4.79 Å². The molecule has 0 aromatic heterocycles. The van der Waals surface area contributed by atoms with E-state index in [1.165, 1.54) is 29.5 Å². The number of benzene rings is 1. The number of amides is 1. The quantitative estimate of drug-likeness (QED) is 0.795. The molecule has 1 unspecified atom stereocenters. The zero-order valence-electron chi connectivity index (χ0n) is 12.5. The number of nitrogens with zero attached hydrogens (tertiary/aromatic N) is 1. The third-order valence-electron chi connectivity index (χ3n) is 4.59. The number of likely N-dealkylation sites (tertiary alicyclic amines) is 1. The first-order chi connectivity index (χ1) is 10.2. The van der Waals surface area contributed by atoms with Gasteiger partial charge in [-0.15, -0.1) is 21.0 Å². The van der Waals surface area contributed by atoms with Gasteiger partial charge in [0.25, 0.3) is 0 Å². The Morgan fingerprint density at radius 3 is 2.52 bits per heavy atom. The number of carbonyl (C=O) groups excluding carboxylic acids is 1. The molecule has 1 saturated heterocycles. The van der Waals surface area contributed by atoms with E-state index in [1.54, 1.807) is 0 Å². The fourth-order valence-electron chi connectivity index (χ4n) is 3.37. The Morgan fingerprint density at radius 2 is 1.81 bits per heavy atom. The zero-order valence-corrected chi connectivity index (χ0v) is 14.4. The van der Waals surface area contributed by atoms with Crippen LogP contribution in [0.4, 0.5) is 0 Å². The van der Waals surface area contributed by atoms with Crippen molar-refractivity contribution < 1.29 is 4.79 Å². The van der Waals surface area contributed by atoms with Crippen LogP contribution in [-0.4, -0.2) is 29.1 Å². The minimum absolute atomic E-state index is 0.318. The zero-order chi connectivity index (χ0) is 14.7. The fourth-order valence-corrected chi connectivity index (χ4v) is 4.72. The van der Waals surface area contributed by atoms with Gasteiger partial charge in [0.1, 0.15) is 0 Å². The smallest absolute Gasteiger partial charge is 0.225 e. The average molecular weight is 321 g/mol. The maximum atomic E-state index is 12.6. The van der Waals surface area contributed by atoms with Crippen LogP contribution in [0.5, 0.6) is 0 Å². The lowest BCUT2D eigenvalue weighted by molar-refractivity contribution is -0.135. The second-order valence-electron chi connectivity index (χ2n) is 6.22. The molecule has 1 aliphatic carbocycles. The van der Waals surface area contributed by atoms with E-state index in [-0.39, 0.29) is 0 Å². The van der Waals surface area contributed by atoms with E-state index >= 15 is 0 Å². The highest BCUT2D eigenvalue weighted by atomic mass is 32.2. The summed E-state index contributed by atoms with van der Waals surface area (Å²) in [6.07, 6.45) is 7.15. The van der Waals surface area contributed by atoms with Crippen LogP contribution in [-0.2, 0) is 4.79 Å². The maximum absolute atomic E-state index is 12.6. The first kappa shape index (κ1) is 15.4. The van der Waals surface area contributed by atoms with Crippen molar-refractivity contribution >= 4 is 32.2 Å². The van der Waals surface area contributed by atoms with Gasteiger partial charge < -0.3 is 4.90 Å². The van der Waals surface area contributed by atoms with E-state index < -0.39 is 0 Å². The molecule has 1 amide bonds. The molecule has 0 bridgehead atoms. The highest BCUT2D eigenvalue weighted by Crippen LogP contribution is 2.32. The first-order valence-corrected chi connectivity index (χ1v) is 9.49. The minimum Gasteiger partial charge on any atom is -0.341 e. The van der Waals surface area contributed by atoms with Gasteiger partial charge in [0.15, 0.2) is 0 Å². The predicted octanol–water partition coefficient (Wildman–Crippen LogP) is 3.46. The molecule has 1 aromatic rings. The first-order valence-electron chi connectivity index (χ1n) is 8.03. The van der Waals surface area contributed by atoms with Crippen molar-refractivity contribution in [3.8, 4) is 0 Å². The second kappa shape index (κ2) is 7.15. The van der Waals surface area contributed by atoms with Crippen LogP contribution in [0, 0.1) is 5.92 Å². The largest absolute Gasteiger partial charge is 0.341 e. The molecule has 0 spiro atoms. The molecule has 1 heterocycles. The molecular weight excluding hydrogens is 297 g/mol. The highest BCUT2D eigenvalue weighted by molar-refractivity contribution is 8.00. The summed E-state index contributed by atoms with van der Waals surface area (Å²) < 4.78 is 0. The van der Waals surface area contributed by atoms with Gasteiger partial charge in [-0.25, -0.2) is 0 Å². The number of carbonyl (C=O) groups is 1. The van der Waals surface area contributed by atoms with E-state index in [9.17, 15) is 4.79 Å². The molecule has 2 nitrogen and oxygen atoms in total. The number of thioether (sulfide) groups is 1. The summed E-state index contributed by atoms with van der Waals surface area (Å²) in [7, 11) is 2.72. The van der Waals surface area contributed by atoms with Gasteiger partial charge in [0.05, 0.1) is 0 Å². The van der Waals surface area contributed by atoms with Gasteiger partial charge in [-0.2, -0.15) is 0 Å². The van der Waals surface area contributed by atoms with E-state index in [2.05, 4.69) is 38.4 Å². The molecule has 2 aliphatic rings. The molecule has 1 saturated carbocycles. The molecule has 1 aromatic carbocycles. The van der Waals surface area contributed by atoms with Crippen LogP contribution in [0.15, 0.2) is 29.2 Å². The van der Waals surface area contributed by atoms with E-state index in [0.29, 0.717) is 17.1 Å². The van der Waals surface area contributed by atoms with Crippen molar-refractivity contribution in [3.63, 3.8) is 0 Å². The Hall–Kier alpha value is -0.530. The van der Waals surface area contributed by atoms with Crippen molar-refractivity contribution in [3.05, 3.63) is 24.3 Å². The van der Waals surface area contributed by atoms with Crippen LogP contribution in [0.1, 0.15) is 38.5 Å². The van der Waals surface area contributed by atoms with Crippen LogP contribution in [0.3, 0.4) is 0 Å². The lowest BCUT2D eigenvalue weighted by Crippen LogP contribution is -2.35. The monoisotopic (exact) mass is 321 g/mol. The van der Waals surface area contributed by atoms with Crippen LogP contribution in [0.25, 0.3) is 0 Å². The predicted molar refractivity (Wildman–Crippen MR) is 93.2 cm³/mol. The van der Waals surface area contributed by atoms with Gasteiger partial charge in [0, 0.05) is 29.2 Å². The lowest BCUT2D eigenvalue weighted by Gasteiger charge is -2.26. The van der Waals surface area contributed by atoms with Crippen molar-refractivity contribution in [2.75, 3.05) is 13.1 Å². The Labute approximate surface area is 134 Å². The molecule has 2 fully saturated rings. The standard InChI is InChI=1S/C17H24NOPS/c19-17(13-4-2-1-3-5-13)18-11-10-16(12-18)21-15-8-6-14(20)7-9-15/h6-9,13,16H,1-5,10-12,20H2/t16-/m0/s1. The maximum Gasteiger partial charge on any atom is 0.225 e. The van der Waals surface area contributed by atoms with Crippen LogP contribution in [0.2, 0.25) is 0 Å². The third kappa shape index (κ3) is 4.02. The summed E-state index contributed by atoms with van der Waals surface area (Å²) in [6.45, 7) is 1.89. The number of hydrogen-bond donors (Lipinski definition) is 0. The van der Waals surface area contributed by atoms with Crippen molar-refractivity contribution in [1.82, 2.24) is 4.90 Å². The number of rotatable bonds is 3. The molecule has 21 heavy (non-hydrogen) atoms. The molecular formula is C17H24NOPS. The minimum atomic E-state index is 0.318.